The number of nitrogens with zero attached hydrogens (tertiary/aromatic N) is 2. The molecule has 6 heteroatoms. The summed E-state index contributed by atoms with van der Waals surface area (Å²) in [7, 11) is 0. The van der Waals surface area contributed by atoms with Crippen LogP contribution in [0, 0.1) is 0 Å². The van der Waals surface area contributed by atoms with Crippen LogP contribution in [-0.2, 0) is 6.42 Å². The van der Waals surface area contributed by atoms with Crippen LogP contribution in [0.25, 0.3) is 22.4 Å². The van der Waals surface area contributed by atoms with Gasteiger partial charge in [-0.15, -0.1) is 0 Å². The summed E-state index contributed by atoms with van der Waals surface area (Å²) in [6.45, 7) is 0. The van der Waals surface area contributed by atoms with E-state index in [1.165, 1.54) is 16.7 Å². The number of thioether (sulfide) groups is 1. The summed E-state index contributed by atoms with van der Waals surface area (Å²) in [6.07, 6.45) is 1.86. The van der Waals surface area contributed by atoms with Crippen LogP contribution < -0.4 is 5.63 Å². The van der Waals surface area contributed by atoms with E-state index in [0.29, 0.717) is 16.2 Å². The molecule has 3 aromatic carbocycles. The van der Waals surface area contributed by atoms with Crippen molar-refractivity contribution in [2.45, 2.75) is 18.9 Å². The van der Waals surface area contributed by atoms with Gasteiger partial charge in [-0.2, -0.15) is 0 Å². The van der Waals surface area contributed by atoms with E-state index in [1.807, 2.05) is 47.9 Å². The van der Waals surface area contributed by atoms with Crippen LogP contribution in [0.5, 0.6) is 0 Å². The Morgan fingerprint density at radius 1 is 0.943 bits per heavy atom. The zero-order valence-electron chi connectivity index (χ0n) is 18.6. The second kappa shape index (κ2) is 8.01. The van der Waals surface area contributed by atoms with Crippen LogP contribution in [-0.4, -0.2) is 10.1 Å². The highest BCUT2D eigenvalue weighted by atomic mass is 35.5. The van der Waals surface area contributed by atoms with Gasteiger partial charge in [-0.25, -0.2) is 9.79 Å². The molecule has 1 unspecified atom stereocenters. The third-order valence-corrected chi connectivity index (χ3v) is 7.97. The summed E-state index contributed by atoms with van der Waals surface area (Å²) < 4.78 is 5.69. The standard InChI is InChI=1S/C29H19ClN2O2S/c30-20-12-9-18(10-13-20)27-22-14-11-17-5-1-3-7-21(17)26(22)31-29-32(27)24(16-35-29)23-15-19-6-2-4-8-25(19)34-28(23)33/h1-10,12-13,15-16,27H,11,14H2. The van der Waals surface area contributed by atoms with Crippen LogP contribution in [0.1, 0.15) is 34.7 Å². The van der Waals surface area contributed by atoms with Crippen molar-refractivity contribution in [1.29, 1.82) is 0 Å². The average Bonchev–Trinajstić information content (AvgIpc) is 3.31. The van der Waals surface area contributed by atoms with E-state index in [4.69, 9.17) is 21.0 Å². The summed E-state index contributed by atoms with van der Waals surface area (Å²) in [5, 5.41) is 4.48. The van der Waals surface area contributed by atoms with Crippen LogP contribution in [0.4, 0.5) is 0 Å². The fourth-order valence-electron chi connectivity index (χ4n) is 5.26. The highest BCUT2D eigenvalue weighted by molar-refractivity contribution is 8.16. The Hall–Kier alpha value is -3.54. The van der Waals surface area contributed by atoms with E-state index < -0.39 is 0 Å². The summed E-state index contributed by atoms with van der Waals surface area (Å²) >= 11 is 7.80. The zero-order chi connectivity index (χ0) is 23.5. The molecular formula is C29H19ClN2O2S. The molecule has 0 spiro atoms. The molecule has 35 heavy (non-hydrogen) atoms. The lowest BCUT2D eigenvalue weighted by molar-refractivity contribution is 0.469. The minimum Gasteiger partial charge on any atom is -0.422 e. The molecule has 4 aromatic rings. The molecule has 0 N–H and O–H groups in total. The molecule has 3 aliphatic rings. The first-order valence-electron chi connectivity index (χ1n) is 11.5. The van der Waals surface area contributed by atoms with Crippen molar-refractivity contribution in [2.75, 3.05) is 0 Å². The van der Waals surface area contributed by atoms with Gasteiger partial charge in [-0.3, -0.25) is 0 Å². The maximum Gasteiger partial charge on any atom is 0.345 e. The molecule has 1 atom stereocenters. The molecule has 3 heterocycles. The predicted octanol–water partition coefficient (Wildman–Crippen LogP) is 7.26. The normalized spacial score (nSPS) is 18.7. The predicted molar refractivity (Wildman–Crippen MR) is 143 cm³/mol. The Bertz CT molecular complexity index is 1670. The van der Waals surface area contributed by atoms with Gasteiger partial charge < -0.3 is 9.32 Å². The number of para-hydroxylation sites is 1. The van der Waals surface area contributed by atoms with Crippen LogP contribution in [0.15, 0.2) is 104 Å². The smallest absolute Gasteiger partial charge is 0.345 e. The largest absolute Gasteiger partial charge is 0.422 e. The summed E-state index contributed by atoms with van der Waals surface area (Å²) in [6, 6.07) is 26.0. The number of hydrogen-bond donors (Lipinski definition) is 0. The number of hydrogen-bond acceptors (Lipinski definition) is 5. The Kier molecular flexibility index (Phi) is 4.76. The van der Waals surface area contributed by atoms with Crippen molar-refractivity contribution in [3.8, 4) is 0 Å². The first kappa shape index (κ1) is 20.8. The molecule has 0 saturated heterocycles. The first-order valence-corrected chi connectivity index (χ1v) is 12.8. The molecule has 7 rings (SSSR count). The number of aryl methyl sites for hydroxylation is 1. The van der Waals surface area contributed by atoms with Gasteiger partial charge >= 0.3 is 5.63 Å². The third kappa shape index (κ3) is 3.30. The Morgan fingerprint density at radius 3 is 2.63 bits per heavy atom. The van der Waals surface area contributed by atoms with Gasteiger partial charge in [0.05, 0.1) is 23.0 Å². The van der Waals surface area contributed by atoms with Crippen molar-refractivity contribution in [3.63, 3.8) is 0 Å². The Labute approximate surface area is 211 Å². The van der Waals surface area contributed by atoms with E-state index in [0.717, 1.165) is 40.4 Å². The molecule has 1 aromatic heterocycles. The summed E-state index contributed by atoms with van der Waals surface area (Å²) in [4.78, 5) is 20.5. The fraction of sp³-hybridized carbons (Fsp3) is 0.103. The minimum atomic E-state index is -0.347. The van der Waals surface area contributed by atoms with Crippen molar-refractivity contribution >= 4 is 50.9 Å². The molecule has 170 valence electrons. The fourth-order valence-corrected chi connectivity index (χ4v) is 6.31. The second-order valence-corrected chi connectivity index (χ2v) is 10.1. The first-order chi connectivity index (χ1) is 17.2. The lowest BCUT2D eigenvalue weighted by Gasteiger charge is -2.39. The highest BCUT2D eigenvalue weighted by Crippen LogP contribution is 2.51. The zero-order valence-corrected chi connectivity index (χ0v) is 20.1. The van der Waals surface area contributed by atoms with Gasteiger partial charge in [-0.1, -0.05) is 78.0 Å². The lowest BCUT2D eigenvalue weighted by atomic mass is 9.82. The van der Waals surface area contributed by atoms with Gasteiger partial charge in [0.2, 0.25) is 0 Å². The van der Waals surface area contributed by atoms with Gasteiger partial charge in [0.15, 0.2) is 5.17 Å². The quantitative estimate of drug-likeness (QED) is 0.275. The van der Waals surface area contributed by atoms with Crippen molar-refractivity contribution < 1.29 is 4.42 Å². The molecular weight excluding hydrogens is 476 g/mol. The third-order valence-electron chi connectivity index (χ3n) is 6.88. The Balaban J connectivity index is 1.43. The minimum absolute atomic E-state index is 0.0877. The maximum absolute atomic E-state index is 13.1. The van der Waals surface area contributed by atoms with E-state index in [1.54, 1.807) is 11.8 Å². The molecule has 0 fully saturated rings. The SMILES string of the molecule is O=c1oc2ccccc2cc1C1=CSC2=NC3=C(CCc4ccccc43)C(c3ccc(Cl)cc3)N12. The van der Waals surface area contributed by atoms with Crippen molar-refractivity contribution in [3.05, 3.63) is 128 Å². The van der Waals surface area contributed by atoms with E-state index >= 15 is 0 Å². The molecule has 0 amide bonds. The van der Waals surface area contributed by atoms with Crippen molar-refractivity contribution in [1.82, 2.24) is 4.90 Å². The number of benzene rings is 3. The number of aliphatic imine (C=N–C) groups is 1. The van der Waals surface area contributed by atoms with E-state index in [2.05, 4.69) is 41.3 Å². The van der Waals surface area contributed by atoms with Crippen LogP contribution >= 0.6 is 23.4 Å². The lowest BCUT2D eigenvalue weighted by Crippen LogP contribution is -2.35. The van der Waals surface area contributed by atoms with E-state index in [-0.39, 0.29) is 11.7 Å². The van der Waals surface area contributed by atoms with Gasteiger partial charge in [-0.05, 0) is 53.8 Å². The topological polar surface area (TPSA) is 45.8 Å². The summed E-state index contributed by atoms with van der Waals surface area (Å²) in [5.41, 5.74) is 7.54. The number of halogens is 1. The van der Waals surface area contributed by atoms with Gasteiger partial charge in [0, 0.05) is 21.4 Å². The second-order valence-electron chi connectivity index (χ2n) is 8.86. The molecule has 2 aliphatic heterocycles. The molecule has 1 aliphatic carbocycles. The molecule has 0 bridgehead atoms. The van der Waals surface area contributed by atoms with Crippen molar-refractivity contribution in [2.24, 2.45) is 4.99 Å². The summed E-state index contributed by atoms with van der Waals surface area (Å²) in [5.74, 6) is 0. The average molecular weight is 495 g/mol. The van der Waals surface area contributed by atoms with Gasteiger partial charge in [0.1, 0.15) is 5.58 Å². The highest BCUT2D eigenvalue weighted by Gasteiger charge is 2.41. The van der Waals surface area contributed by atoms with Crippen LogP contribution in [0.2, 0.25) is 5.02 Å². The van der Waals surface area contributed by atoms with Gasteiger partial charge in [0.25, 0.3) is 0 Å². The Morgan fingerprint density at radius 2 is 1.74 bits per heavy atom. The number of rotatable bonds is 2. The molecule has 4 nitrogen and oxygen atoms in total. The van der Waals surface area contributed by atoms with Crippen LogP contribution in [0.3, 0.4) is 0 Å². The molecule has 0 saturated carbocycles. The van der Waals surface area contributed by atoms with E-state index in [9.17, 15) is 4.79 Å². The number of amidine groups is 1. The molecule has 0 radical (unpaired) electrons. The monoisotopic (exact) mass is 494 g/mol. The maximum atomic E-state index is 13.1. The number of fused-ring (bicyclic) bond motifs is 4.